The smallest absolute Gasteiger partial charge is 0.276 e. The molecule has 0 bridgehead atoms. The van der Waals surface area contributed by atoms with Crippen LogP contribution in [0.25, 0.3) is 15.9 Å². The molecule has 2 aromatic carbocycles. The van der Waals surface area contributed by atoms with Gasteiger partial charge in [0.15, 0.2) is 5.16 Å². The normalized spacial score (nSPS) is 10.7. The van der Waals surface area contributed by atoms with Crippen LogP contribution in [0.4, 0.5) is 11.4 Å². The van der Waals surface area contributed by atoms with E-state index in [9.17, 15) is 14.4 Å². The third-order valence-corrected chi connectivity index (χ3v) is 6.12. The van der Waals surface area contributed by atoms with Gasteiger partial charge >= 0.3 is 0 Å². The number of anilines is 2. The van der Waals surface area contributed by atoms with Crippen molar-refractivity contribution in [1.82, 2.24) is 9.55 Å². The Labute approximate surface area is 186 Å². The first-order valence-corrected chi connectivity index (χ1v) is 11.2. The van der Waals surface area contributed by atoms with Gasteiger partial charge in [-0.05, 0) is 47.8 Å². The lowest BCUT2D eigenvalue weighted by atomic mass is 10.3. The summed E-state index contributed by atoms with van der Waals surface area (Å²) in [6, 6.07) is 17.9. The van der Waals surface area contributed by atoms with E-state index in [0.29, 0.717) is 32.4 Å². The van der Waals surface area contributed by atoms with Gasteiger partial charge in [0.25, 0.3) is 5.56 Å². The molecule has 0 fully saturated rings. The molecule has 0 aliphatic carbocycles. The van der Waals surface area contributed by atoms with Crippen molar-refractivity contribution in [3.05, 3.63) is 76.4 Å². The van der Waals surface area contributed by atoms with Crippen molar-refractivity contribution in [1.29, 1.82) is 0 Å². The third kappa shape index (κ3) is 4.84. The van der Waals surface area contributed by atoms with Crippen LogP contribution < -0.4 is 16.2 Å². The largest absolute Gasteiger partial charge is 0.326 e. The topological polar surface area (TPSA) is 93.1 Å². The summed E-state index contributed by atoms with van der Waals surface area (Å²) in [6.07, 6.45) is 0. The third-order valence-electron chi connectivity index (χ3n) is 4.28. The number of thiophene rings is 1. The fourth-order valence-electron chi connectivity index (χ4n) is 2.96. The van der Waals surface area contributed by atoms with Crippen LogP contribution in [0.3, 0.4) is 0 Å². The van der Waals surface area contributed by atoms with Crippen LogP contribution in [-0.2, 0) is 9.59 Å². The Morgan fingerprint density at radius 1 is 1.00 bits per heavy atom. The summed E-state index contributed by atoms with van der Waals surface area (Å²) in [6.45, 7) is 1.43. The molecule has 4 rings (SSSR count). The predicted molar refractivity (Wildman–Crippen MR) is 125 cm³/mol. The predicted octanol–water partition coefficient (Wildman–Crippen LogP) is 4.14. The number of para-hydroxylation sites is 1. The molecular weight excluding hydrogens is 432 g/mol. The number of nitrogens with zero attached hydrogens (tertiary/aromatic N) is 2. The molecule has 0 spiro atoms. The van der Waals surface area contributed by atoms with Crippen molar-refractivity contribution in [2.24, 2.45) is 0 Å². The van der Waals surface area contributed by atoms with Crippen LogP contribution in [-0.4, -0.2) is 27.1 Å². The summed E-state index contributed by atoms with van der Waals surface area (Å²) in [5, 5.41) is 7.78. The molecule has 0 radical (unpaired) electrons. The standard InChI is InChI=1S/C22H18N4O3S2/c1-14(27)23-15-7-9-16(10-8-15)24-19(28)13-31-22-25-18-11-12-30-20(18)21(29)26(22)17-5-3-2-4-6-17/h2-12H,13H2,1H3,(H,23,27)(H,24,28). The Bertz CT molecular complexity index is 1300. The van der Waals surface area contributed by atoms with Crippen molar-refractivity contribution < 1.29 is 9.59 Å². The van der Waals surface area contributed by atoms with Crippen LogP contribution in [0.5, 0.6) is 0 Å². The second kappa shape index (κ2) is 9.15. The molecule has 2 N–H and O–H groups in total. The number of aromatic nitrogens is 2. The van der Waals surface area contributed by atoms with Crippen LogP contribution in [0.2, 0.25) is 0 Å². The summed E-state index contributed by atoms with van der Waals surface area (Å²) in [4.78, 5) is 41.2. The molecule has 9 heteroatoms. The van der Waals surface area contributed by atoms with Crippen molar-refractivity contribution in [2.75, 3.05) is 16.4 Å². The number of fused-ring (bicyclic) bond motifs is 1. The molecule has 0 saturated carbocycles. The molecule has 2 aromatic heterocycles. The van der Waals surface area contributed by atoms with Gasteiger partial charge in [0.1, 0.15) is 4.70 Å². The Morgan fingerprint density at radius 3 is 2.35 bits per heavy atom. The number of hydrogen-bond donors (Lipinski definition) is 2. The molecule has 0 aliphatic rings. The zero-order chi connectivity index (χ0) is 21.8. The number of carbonyl (C=O) groups excluding carboxylic acids is 2. The summed E-state index contributed by atoms with van der Waals surface area (Å²) in [5.74, 6) is -0.299. The van der Waals surface area contributed by atoms with Gasteiger partial charge in [-0.15, -0.1) is 11.3 Å². The minimum Gasteiger partial charge on any atom is -0.326 e. The molecule has 2 heterocycles. The number of thioether (sulfide) groups is 1. The highest BCUT2D eigenvalue weighted by molar-refractivity contribution is 7.99. The lowest BCUT2D eigenvalue weighted by Crippen LogP contribution is -2.22. The van der Waals surface area contributed by atoms with Crippen LogP contribution in [0.15, 0.2) is 76.0 Å². The average molecular weight is 451 g/mol. The first-order chi connectivity index (χ1) is 15.0. The van der Waals surface area contributed by atoms with Gasteiger partial charge in [0, 0.05) is 18.3 Å². The Balaban J connectivity index is 1.53. The molecule has 4 aromatic rings. The van der Waals surface area contributed by atoms with Crippen molar-refractivity contribution in [2.45, 2.75) is 12.1 Å². The minimum absolute atomic E-state index is 0.0857. The number of amides is 2. The van der Waals surface area contributed by atoms with E-state index < -0.39 is 0 Å². The van der Waals surface area contributed by atoms with E-state index in [0.717, 1.165) is 0 Å². The van der Waals surface area contributed by atoms with Gasteiger partial charge in [-0.25, -0.2) is 4.98 Å². The fourth-order valence-corrected chi connectivity index (χ4v) is 4.53. The Kier molecular flexibility index (Phi) is 6.15. The lowest BCUT2D eigenvalue weighted by molar-refractivity contribution is -0.114. The number of nitrogens with one attached hydrogen (secondary N) is 2. The van der Waals surface area contributed by atoms with Crippen molar-refractivity contribution in [3.8, 4) is 5.69 Å². The zero-order valence-corrected chi connectivity index (χ0v) is 18.1. The molecular formula is C22H18N4O3S2. The van der Waals surface area contributed by atoms with Crippen LogP contribution in [0, 0.1) is 0 Å². The monoisotopic (exact) mass is 450 g/mol. The van der Waals surface area contributed by atoms with Crippen molar-refractivity contribution >= 4 is 56.5 Å². The maximum Gasteiger partial charge on any atom is 0.276 e. The number of benzene rings is 2. The highest BCUT2D eigenvalue weighted by Gasteiger charge is 2.15. The number of carbonyl (C=O) groups is 2. The summed E-state index contributed by atoms with van der Waals surface area (Å²) in [5.41, 5.74) is 2.44. The molecule has 2 amide bonds. The first kappa shape index (κ1) is 20.8. The van der Waals surface area contributed by atoms with E-state index in [1.165, 1.54) is 30.0 Å². The lowest BCUT2D eigenvalue weighted by Gasteiger charge is -2.12. The minimum atomic E-state index is -0.225. The molecule has 0 atom stereocenters. The van der Waals surface area contributed by atoms with Crippen LogP contribution in [0.1, 0.15) is 6.92 Å². The van der Waals surface area contributed by atoms with Gasteiger partial charge in [-0.2, -0.15) is 0 Å². The zero-order valence-electron chi connectivity index (χ0n) is 16.5. The van der Waals surface area contributed by atoms with Crippen LogP contribution >= 0.6 is 23.1 Å². The number of rotatable bonds is 6. The van der Waals surface area contributed by atoms with E-state index in [1.807, 2.05) is 35.7 Å². The SMILES string of the molecule is CC(=O)Nc1ccc(NC(=O)CSc2nc3ccsc3c(=O)n2-c2ccccc2)cc1. The van der Waals surface area contributed by atoms with Gasteiger partial charge < -0.3 is 10.6 Å². The maximum atomic E-state index is 13.0. The molecule has 0 unspecified atom stereocenters. The molecule has 0 saturated heterocycles. The summed E-state index contributed by atoms with van der Waals surface area (Å²) in [7, 11) is 0. The van der Waals surface area contributed by atoms with E-state index in [2.05, 4.69) is 15.6 Å². The van der Waals surface area contributed by atoms with E-state index in [4.69, 9.17) is 0 Å². The summed E-state index contributed by atoms with van der Waals surface area (Å²) < 4.78 is 2.12. The van der Waals surface area contributed by atoms with E-state index in [1.54, 1.807) is 34.9 Å². The quantitative estimate of drug-likeness (QED) is 0.340. The second-order valence-electron chi connectivity index (χ2n) is 6.60. The second-order valence-corrected chi connectivity index (χ2v) is 8.46. The fraction of sp³-hybridized carbons (Fsp3) is 0.0909. The molecule has 156 valence electrons. The highest BCUT2D eigenvalue weighted by atomic mass is 32.2. The van der Waals surface area contributed by atoms with E-state index >= 15 is 0 Å². The van der Waals surface area contributed by atoms with Gasteiger partial charge in [0.2, 0.25) is 11.8 Å². The first-order valence-electron chi connectivity index (χ1n) is 9.37. The molecule has 31 heavy (non-hydrogen) atoms. The van der Waals surface area contributed by atoms with E-state index in [-0.39, 0.29) is 23.1 Å². The highest BCUT2D eigenvalue weighted by Crippen LogP contribution is 2.24. The van der Waals surface area contributed by atoms with Gasteiger partial charge in [0.05, 0.1) is 17.0 Å². The average Bonchev–Trinajstić information content (AvgIpc) is 3.23. The molecule has 7 nitrogen and oxygen atoms in total. The van der Waals surface area contributed by atoms with Gasteiger partial charge in [-0.1, -0.05) is 30.0 Å². The molecule has 0 aliphatic heterocycles. The Hall–Kier alpha value is -3.43. The Morgan fingerprint density at radius 2 is 1.68 bits per heavy atom. The summed E-state index contributed by atoms with van der Waals surface area (Å²) >= 11 is 2.55. The maximum absolute atomic E-state index is 13.0. The van der Waals surface area contributed by atoms with Crippen molar-refractivity contribution in [3.63, 3.8) is 0 Å². The number of hydrogen-bond acceptors (Lipinski definition) is 6. The van der Waals surface area contributed by atoms with Gasteiger partial charge in [-0.3, -0.25) is 19.0 Å².